The smallest absolute Gasteiger partial charge is 0.239 e. The van der Waals surface area contributed by atoms with Crippen molar-refractivity contribution < 1.29 is 9.53 Å². The van der Waals surface area contributed by atoms with E-state index < -0.39 is 11.9 Å². The van der Waals surface area contributed by atoms with Crippen molar-refractivity contribution in [2.24, 2.45) is 5.73 Å². The van der Waals surface area contributed by atoms with Crippen molar-refractivity contribution in [3.63, 3.8) is 0 Å². The summed E-state index contributed by atoms with van der Waals surface area (Å²) in [4.78, 5) is 10.9. The number of anilines is 1. The Morgan fingerprint density at radius 3 is 2.80 bits per heavy atom. The van der Waals surface area contributed by atoms with E-state index in [4.69, 9.17) is 22.1 Å². The molecule has 1 amide bonds. The quantitative estimate of drug-likeness (QED) is 0.824. The van der Waals surface area contributed by atoms with Gasteiger partial charge in [0, 0.05) is 5.02 Å². The Kier molecular flexibility index (Phi) is 3.80. The van der Waals surface area contributed by atoms with Crippen molar-refractivity contribution in [1.82, 2.24) is 0 Å². The van der Waals surface area contributed by atoms with E-state index in [2.05, 4.69) is 5.32 Å². The van der Waals surface area contributed by atoms with Crippen molar-refractivity contribution >= 4 is 23.2 Å². The summed E-state index contributed by atoms with van der Waals surface area (Å²) in [6, 6.07) is 4.64. The molecule has 15 heavy (non-hydrogen) atoms. The standard InChI is InChI=1S/C10H13ClN2O2/c1-6(10(12)14)13-8-5-7(11)3-4-9(8)15-2/h3-6,13H,1-2H3,(H2,12,14). The lowest BCUT2D eigenvalue weighted by Gasteiger charge is -2.14. The highest BCUT2D eigenvalue weighted by molar-refractivity contribution is 6.30. The number of nitrogens with two attached hydrogens (primary N) is 1. The lowest BCUT2D eigenvalue weighted by molar-refractivity contribution is -0.118. The fourth-order valence-electron chi connectivity index (χ4n) is 1.10. The average Bonchev–Trinajstić information content (AvgIpc) is 2.18. The van der Waals surface area contributed by atoms with Crippen molar-refractivity contribution in [2.75, 3.05) is 12.4 Å². The minimum atomic E-state index is -0.475. The summed E-state index contributed by atoms with van der Waals surface area (Å²) in [7, 11) is 1.54. The van der Waals surface area contributed by atoms with E-state index in [9.17, 15) is 4.79 Å². The largest absolute Gasteiger partial charge is 0.495 e. The van der Waals surface area contributed by atoms with Gasteiger partial charge in [0.15, 0.2) is 0 Å². The maximum absolute atomic E-state index is 10.9. The van der Waals surface area contributed by atoms with E-state index >= 15 is 0 Å². The first-order valence-corrected chi connectivity index (χ1v) is 4.81. The van der Waals surface area contributed by atoms with E-state index in [0.717, 1.165) is 0 Å². The number of nitrogens with one attached hydrogen (secondary N) is 1. The highest BCUT2D eigenvalue weighted by Gasteiger charge is 2.11. The molecule has 1 aromatic rings. The second-order valence-corrected chi connectivity index (χ2v) is 3.55. The number of primary amides is 1. The molecule has 0 aromatic heterocycles. The number of amides is 1. The number of benzene rings is 1. The number of hydrogen-bond donors (Lipinski definition) is 2. The van der Waals surface area contributed by atoms with Crippen molar-refractivity contribution in [3.05, 3.63) is 23.2 Å². The second-order valence-electron chi connectivity index (χ2n) is 3.11. The summed E-state index contributed by atoms with van der Waals surface area (Å²) in [5, 5.41) is 3.48. The summed E-state index contributed by atoms with van der Waals surface area (Å²) in [5.41, 5.74) is 5.79. The van der Waals surface area contributed by atoms with Crippen molar-refractivity contribution in [2.45, 2.75) is 13.0 Å². The number of methoxy groups -OCH3 is 1. The molecule has 1 atom stereocenters. The number of carbonyl (C=O) groups excluding carboxylic acids is 1. The maximum Gasteiger partial charge on any atom is 0.239 e. The maximum atomic E-state index is 10.9. The van der Waals surface area contributed by atoms with Gasteiger partial charge in [-0.2, -0.15) is 0 Å². The van der Waals surface area contributed by atoms with Crippen LogP contribution in [0.5, 0.6) is 5.75 Å². The minimum absolute atomic E-state index is 0.433. The van der Waals surface area contributed by atoms with Crippen LogP contribution in [0.3, 0.4) is 0 Å². The molecule has 0 aliphatic rings. The van der Waals surface area contributed by atoms with Crippen LogP contribution < -0.4 is 15.8 Å². The molecular weight excluding hydrogens is 216 g/mol. The van der Waals surface area contributed by atoms with Crippen LogP contribution in [-0.2, 0) is 4.79 Å². The van der Waals surface area contributed by atoms with Crippen molar-refractivity contribution in [1.29, 1.82) is 0 Å². The monoisotopic (exact) mass is 228 g/mol. The van der Waals surface area contributed by atoms with Gasteiger partial charge in [0.25, 0.3) is 0 Å². The van der Waals surface area contributed by atoms with E-state index in [1.807, 2.05) is 0 Å². The number of carbonyl (C=O) groups is 1. The fourth-order valence-corrected chi connectivity index (χ4v) is 1.27. The summed E-state index contributed by atoms with van der Waals surface area (Å²) >= 11 is 5.83. The van der Waals surface area contributed by atoms with E-state index in [1.54, 1.807) is 32.2 Å². The van der Waals surface area contributed by atoms with Gasteiger partial charge in [-0.1, -0.05) is 11.6 Å². The van der Waals surface area contributed by atoms with Gasteiger partial charge in [-0.15, -0.1) is 0 Å². The van der Waals surface area contributed by atoms with Crippen LogP contribution in [0.4, 0.5) is 5.69 Å². The molecule has 0 saturated carbocycles. The van der Waals surface area contributed by atoms with E-state index in [0.29, 0.717) is 16.5 Å². The van der Waals surface area contributed by atoms with Gasteiger partial charge in [-0.05, 0) is 25.1 Å². The van der Waals surface area contributed by atoms with Gasteiger partial charge in [-0.3, -0.25) is 4.79 Å². The third kappa shape index (κ3) is 3.02. The van der Waals surface area contributed by atoms with E-state index in [-0.39, 0.29) is 0 Å². The summed E-state index contributed by atoms with van der Waals surface area (Å²) in [5.74, 6) is 0.185. The Morgan fingerprint density at radius 1 is 1.60 bits per heavy atom. The molecule has 0 spiro atoms. The first kappa shape index (κ1) is 11.7. The molecule has 1 unspecified atom stereocenters. The third-order valence-electron chi connectivity index (χ3n) is 1.96. The molecule has 1 rings (SSSR count). The molecular formula is C10H13ClN2O2. The van der Waals surface area contributed by atoms with Crippen molar-refractivity contribution in [3.8, 4) is 5.75 Å². The van der Waals surface area contributed by atoms with E-state index in [1.165, 1.54) is 0 Å². The molecule has 82 valence electrons. The van der Waals surface area contributed by atoms with Crippen LogP contribution in [0.25, 0.3) is 0 Å². The Hall–Kier alpha value is -1.42. The number of rotatable bonds is 4. The minimum Gasteiger partial charge on any atom is -0.495 e. The van der Waals surface area contributed by atoms with Gasteiger partial charge < -0.3 is 15.8 Å². The van der Waals surface area contributed by atoms with Crippen LogP contribution in [0, 0.1) is 0 Å². The Balaban J connectivity index is 2.91. The molecule has 0 aliphatic heterocycles. The molecule has 0 bridgehead atoms. The van der Waals surface area contributed by atoms with Crippen LogP contribution >= 0.6 is 11.6 Å². The zero-order valence-electron chi connectivity index (χ0n) is 8.58. The molecule has 5 heteroatoms. The van der Waals surface area contributed by atoms with Crippen LogP contribution in [-0.4, -0.2) is 19.1 Å². The number of ether oxygens (including phenoxy) is 1. The first-order chi connectivity index (χ1) is 7.04. The highest BCUT2D eigenvalue weighted by atomic mass is 35.5. The summed E-state index contributed by atoms with van der Waals surface area (Å²) in [6.07, 6.45) is 0. The lowest BCUT2D eigenvalue weighted by atomic mass is 10.2. The zero-order chi connectivity index (χ0) is 11.4. The SMILES string of the molecule is COc1ccc(Cl)cc1NC(C)C(N)=O. The number of hydrogen-bond acceptors (Lipinski definition) is 3. The van der Waals surface area contributed by atoms with Crippen LogP contribution in [0.15, 0.2) is 18.2 Å². The Morgan fingerprint density at radius 2 is 2.27 bits per heavy atom. The van der Waals surface area contributed by atoms with Gasteiger partial charge in [0.2, 0.25) is 5.91 Å². The topological polar surface area (TPSA) is 64.3 Å². The molecule has 4 nitrogen and oxygen atoms in total. The molecule has 0 saturated heterocycles. The fraction of sp³-hybridized carbons (Fsp3) is 0.300. The highest BCUT2D eigenvalue weighted by Crippen LogP contribution is 2.28. The molecule has 0 fully saturated rings. The van der Waals surface area contributed by atoms with Crippen LogP contribution in [0.2, 0.25) is 5.02 Å². The van der Waals surface area contributed by atoms with Gasteiger partial charge in [0.05, 0.1) is 12.8 Å². The van der Waals surface area contributed by atoms with Crippen LogP contribution in [0.1, 0.15) is 6.92 Å². The first-order valence-electron chi connectivity index (χ1n) is 4.44. The molecule has 0 radical (unpaired) electrons. The summed E-state index contributed by atoms with van der Waals surface area (Å²) in [6.45, 7) is 1.67. The summed E-state index contributed by atoms with van der Waals surface area (Å²) < 4.78 is 5.11. The zero-order valence-corrected chi connectivity index (χ0v) is 9.34. The third-order valence-corrected chi connectivity index (χ3v) is 2.20. The average molecular weight is 229 g/mol. The lowest BCUT2D eigenvalue weighted by Crippen LogP contribution is -2.32. The molecule has 1 aromatic carbocycles. The molecule has 0 heterocycles. The van der Waals surface area contributed by atoms with Gasteiger partial charge in [-0.25, -0.2) is 0 Å². The van der Waals surface area contributed by atoms with Gasteiger partial charge in [0.1, 0.15) is 11.8 Å². The molecule has 3 N–H and O–H groups in total. The second kappa shape index (κ2) is 4.89. The van der Waals surface area contributed by atoms with Gasteiger partial charge >= 0.3 is 0 Å². The normalized spacial score (nSPS) is 11.9. The Labute approximate surface area is 93.4 Å². The Bertz CT molecular complexity index is 368. The predicted octanol–water partition coefficient (Wildman–Crippen LogP) is 1.63. The predicted molar refractivity (Wildman–Crippen MR) is 60.3 cm³/mol. The molecule has 0 aliphatic carbocycles. The number of halogens is 1.